The van der Waals surface area contributed by atoms with Crippen molar-refractivity contribution in [1.82, 2.24) is 0 Å². The summed E-state index contributed by atoms with van der Waals surface area (Å²) >= 11 is 2.18. The van der Waals surface area contributed by atoms with Crippen LogP contribution in [0.25, 0.3) is 0 Å². The average Bonchev–Trinajstić information content (AvgIpc) is 2.18. The van der Waals surface area contributed by atoms with Crippen LogP contribution in [0.4, 0.5) is 5.69 Å². The summed E-state index contributed by atoms with van der Waals surface area (Å²) in [6, 6.07) is 7.61. The highest BCUT2D eigenvalue weighted by Crippen LogP contribution is 2.16. The number of carbonyl (C=O) groups excluding carboxylic acids is 1. The van der Waals surface area contributed by atoms with Gasteiger partial charge in [-0.1, -0.05) is 18.1 Å². The monoisotopic (exact) mass is 327 g/mol. The number of carbonyl (C=O) groups is 1. The molecule has 84 valence electrons. The predicted octanol–water partition coefficient (Wildman–Crippen LogP) is 3.28. The van der Waals surface area contributed by atoms with Crippen molar-refractivity contribution in [2.24, 2.45) is 5.41 Å². The molecule has 1 N–H and O–H groups in total. The minimum atomic E-state index is -0.265. The van der Waals surface area contributed by atoms with Gasteiger partial charge < -0.3 is 5.32 Å². The summed E-state index contributed by atoms with van der Waals surface area (Å²) in [6.07, 6.45) is 0. The molecule has 0 saturated heterocycles. The Hall–Kier alpha value is -1.02. The minimum Gasteiger partial charge on any atom is -0.314 e. The maximum Gasteiger partial charge on any atom is 0.300 e. The highest BCUT2D eigenvalue weighted by Gasteiger charge is 2.06. The van der Waals surface area contributed by atoms with Crippen LogP contribution >= 0.6 is 22.6 Å². The Balaban J connectivity index is 2.72. The Kier molecular flexibility index (Phi) is 4.36. The predicted molar refractivity (Wildman–Crippen MR) is 75.0 cm³/mol. The van der Waals surface area contributed by atoms with E-state index in [1.165, 1.54) is 0 Å². The third kappa shape index (κ3) is 4.67. The van der Waals surface area contributed by atoms with Gasteiger partial charge in [-0.3, -0.25) is 4.79 Å². The van der Waals surface area contributed by atoms with E-state index in [0.717, 1.165) is 9.26 Å². The molecule has 0 aliphatic rings. The van der Waals surface area contributed by atoms with E-state index in [-0.39, 0.29) is 11.3 Å². The molecule has 0 unspecified atom stereocenters. The van der Waals surface area contributed by atoms with E-state index < -0.39 is 0 Å². The summed E-state index contributed by atoms with van der Waals surface area (Å²) in [5.41, 5.74) is 0.651. The Bertz CT molecular complexity index is 449. The van der Waals surface area contributed by atoms with Gasteiger partial charge in [0, 0.05) is 8.99 Å². The van der Waals surface area contributed by atoms with E-state index in [0.29, 0.717) is 0 Å². The lowest BCUT2D eigenvalue weighted by atomic mass is 9.98. The van der Waals surface area contributed by atoms with Crippen LogP contribution in [0.5, 0.6) is 0 Å². The van der Waals surface area contributed by atoms with Crippen LogP contribution < -0.4 is 5.32 Å². The summed E-state index contributed by atoms with van der Waals surface area (Å²) < 4.78 is 1.01. The Morgan fingerprint density at radius 1 is 1.31 bits per heavy atom. The lowest BCUT2D eigenvalue weighted by Crippen LogP contribution is -2.11. The van der Waals surface area contributed by atoms with Gasteiger partial charge in [-0.25, -0.2) is 0 Å². The third-order valence-electron chi connectivity index (χ3n) is 1.67. The molecule has 0 atom stereocenters. The van der Waals surface area contributed by atoms with Crippen molar-refractivity contribution in [3.05, 3.63) is 27.8 Å². The molecule has 0 radical (unpaired) electrons. The first-order valence-corrected chi connectivity index (χ1v) is 6.05. The van der Waals surface area contributed by atoms with Gasteiger partial charge >= 0.3 is 0 Å². The van der Waals surface area contributed by atoms with Crippen molar-refractivity contribution < 1.29 is 4.79 Å². The molecule has 1 amide bonds. The molecule has 1 aromatic rings. The van der Waals surface area contributed by atoms with Gasteiger partial charge in [0.15, 0.2) is 0 Å². The lowest BCUT2D eigenvalue weighted by molar-refractivity contribution is -0.111. The zero-order valence-corrected chi connectivity index (χ0v) is 11.8. The standard InChI is InChI=1S/C13H14INO/c1-13(2,3)9-8-12(16)15-11-7-5-4-6-10(11)14/h4-7H,1-3H3,(H,15,16). The first-order valence-electron chi connectivity index (χ1n) is 4.97. The minimum absolute atomic E-state index is 0.152. The molecule has 0 bridgehead atoms. The van der Waals surface area contributed by atoms with Crippen LogP contribution in [0.3, 0.4) is 0 Å². The maximum absolute atomic E-state index is 11.5. The topological polar surface area (TPSA) is 29.1 Å². The zero-order valence-electron chi connectivity index (χ0n) is 9.60. The second-order valence-corrected chi connectivity index (χ2v) is 5.60. The molecular weight excluding hydrogens is 313 g/mol. The number of benzene rings is 1. The molecule has 1 rings (SSSR count). The van der Waals surface area contributed by atoms with Crippen molar-refractivity contribution in [1.29, 1.82) is 0 Å². The van der Waals surface area contributed by atoms with E-state index >= 15 is 0 Å². The van der Waals surface area contributed by atoms with Crippen LogP contribution in [0.15, 0.2) is 24.3 Å². The largest absolute Gasteiger partial charge is 0.314 e. The summed E-state index contributed by atoms with van der Waals surface area (Å²) in [5.74, 6) is 5.23. The SMILES string of the molecule is CC(C)(C)C#CC(=O)Nc1ccccc1I. The van der Waals surface area contributed by atoms with Crippen LogP contribution in [0, 0.1) is 20.8 Å². The van der Waals surface area contributed by atoms with E-state index in [1.807, 2.05) is 45.0 Å². The number of hydrogen-bond donors (Lipinski definition) is 1. The molecule has 0 fully saturated rings. The van der Waals surface area contributed by atoms with Crippen molar-refractivity contribution in [3.63, 3.8) is 0 Å². The lowest BCUT2D eigenvalue weighted by Gasteiger charge is -2.07. The number of anilines is 1. The summed E-state index contributed by atoms with van der Waals surface area (Å²) in [7, 11) is 0. The van der Waals surface area contributed by atoms with Crippen LogP contribution in [0.1, 0.15) is 20.8 Å². The van der Waals surface area contributed by atoms with Crippen LogP contribution in [-0.4, -0.2) is 5.91 Å². The number of halogens is 1. The van der Waals surface area contributed by atoms with Gasteiger partial charge in [0.25, 0.3) is 5.91 Å². The highest BCUT2D eigenvalue weighted by molar-refractivity contribution is 14.1. The number of rotatable bonds is 1. The fourth-order valence-corrected chi connectivity index (χ4v) is 1.48. The van der Waals surface area contributed by atoms with Crippen molar-refractivity contribution in [2.45, 2.75) is 20.8 Å². The number of hydrogen-bond acceptors (Lipinski definition) is 1. The Morgan fingerprint density at radius 3 is 2.50 bits per heavy atom. The molecule has 16 heavy (non-hydrogen) atoms. The molecule has 2 nitrogen and oxygen atoms in total. The molecule has 0 aromatic heterocycles. The summed E-state index contributed by atoms with van der Waals surface area (Å²) in [5, 5.41) is 2.76. The number of para-hydroxylation sites is 1. The number of amides is 1. The Morgan fingerprint density at radius 2 is 1.94 bits per heavy atom. The fraction of sp³-hybridized carbons (Fsp3) is 0.308. The van der Waals surface area contributed by atoms with Gasteiger partial charge in [-0.2, -0.15) is 0 Å². The first-order chi connectivity index (χ1) is 7.38. The summed E-state index contributed by atoms with van der Waals surface area (Å²) in [4.78, 5) is 11.5. The molecule has 0 aliphatic carbocycles. The van der Waals surface area contributed by atoms with Crippen LogP contribution in [-0.2, 0) is 4.79 Å². The molecular formula is C13H14INO. The molecule has 0 spiro atoms. The number of nitrogens with one attached hydrogen (secondary N) is 1. The third-order valence-corrected chi connectivity index (χ3v) is 2.61. The van der Waals surface area contributed by atoms with Gasteiger partial charge in [0.1, 0.15) is 0 Å². The molecule has 0 aliphatic heterocycles. The van der Waals surface area contributed by atoms with Crippen molar-refractivity contribution in [2.75, 3.05) is 5.32 Å². The zero-order chi connectivity index (χ0) is 12.2. The molecule has 0 saturated carbocycles. The second-order valence-electron chi connectivity index (χ2n) is 4.43. The second kappa shape index (κ2) is 5.35. The first kappa shape index (κ1) is 13.0. The van der Waals surface area contributed by atoms with Crippen molar-refractivity contribution in [3.8, 4) is 11.8 Å². The highest BCUT2D eigenvalue weighted by atomic mass is 127. The summed E-state index contributed by atoms with van der Waals surface area (Å²) in [6.45, 7) is 5.92. The van der Waals surface area contributed by atoms with E-state index in [2.05, 4.69) is 39.7 Å². The molecule has 3 heteroatoms. The molecule has 1 aromatic carbocycles. The smallest absolute Gasteiger partial charge is 0.300 e. The van der Waals surface area contributed by atoms with E-state index in [1.54, 1.807) is 0 Å². The van der Waals surface area contributed by atoms with Gasteiger partial charge in [0.2, 0.25) is 0 Å². The van der Waals surface area contributed by atoms with Gasteiger partial charge in [-0.05, 0) is 61.4 Å². The molecule has 0 heterocycles. The maximum atomic E-state index is 11.5. The quantitative estimate of drug-likeness (QED) is 0.622. The van der Waals surface area contributed by atoms with Crippen LogP contribution in [0.2, 0.25) is 0 Å². The van der Waals surface area contributed by atoms with E-state index in [9.17, 15) is 4.79 Å². The van der Waals surface area contributed by atoms with Gasteiger partial charge in [-0.15, -0.1) is 0 Å². The van der Waals surface area contributed by atoms with E-state index in [4.69, 9.17) is 0 Å². The normalized spacial score (nSPS) is 10.2. The van der Waals surface area contributed by atoms with Gasteiger partial charge in [0.05, 0.1) is 5.69 Å². The Labute approximate surface area is 110 Å². The average molecular weight is 327 g/mol. The fourth-order valence-electron chi connectivity index (χ4n) is 0.960. The van der Waals surface area contributed by atoms with Crippen molar-refractivity contribution >= 4 is 34.2 Å².